The second-order valence-electron chi connectivity index (χ2n) is 6.36. The van der Waals surface area contributed by atoms with Crippen LogP contribution < -0.4 is 0 Å². The molecule has 0 spiro atoms. The Bertz CT molecular complexity index is 758. The molecule has 0 aromatic heterocycles. The van der Waals surface area contributed by atoms with Gasteiger partial charge in [-0.2, -0.15) is 0 Å². The van der Waals surface area contributed by atoms with E-state index < -0.39 is 6.17 Å². The highest BCUT2D eigenvalue weighted by Crippen LogP contribution is 2.19. The van der Waals surface area contributed by atoms with Crippen molar-refractivity contribution in [3.63, 3.8) is 0 Å². The third-order valence-corrected chi connectivity index (χ3v) is 4.37. The predicted octanol–water partition coefficient (Wildman–Crippen LogP) is 6.05. The van der Waals surface area contributed by atoms with Gasteiger partial charge in [-0.05, 0) is 48.1 Å². The minimum atomic E-state index is -0.762. The Balaban J connectivity index is 1.51. The van der Waals surface area contributed by atoms with Gasteiger partial charge in [-0.25, -0.2) is 4.39 Å². The number of aryl methyl sites for hydroxylation is 2. The molecule has 0 aliphatic heterocycles. The summed E-state index contributed by atoms with van der Waals surface area (Å²) in [6, 6.07) is 23.0. The molecule has 3 rings (SSSR count). The Morgan fingerprint density at radius 3 is 2.30 bits per heavy atom. The summed E-state index contributed by atoms with van der Waals surface area (Å²) in [4.78, 5) is 0. The van der Waals surface area contributed by atoms with Crippen molar-refractivity contribution in [2.24, 2.45) is 0 Å². The van der Waals surface area contributed by atoms with Gasteiger partial charge < -0.3 is 0 Å². The summed E-state index contributed by atoms with van der Waals surface area (Å²) in [5.74, 6) is 0. The molecule has 0 unspecified atom stereocenters. The van der Waals surface area contributed by atoms with Gasteiger partial charge in [-0.15, -0.1) is 0 Å². The zero-order valence-electron chi connectivity index (χ0n) is 13.6. The molecule has 0 amide bonds. The molecule has 118 valence electrons. The molecule has 0 radical (unpaired) electrons. The Morgan fingerprint density at radius 2 is 1.52 bits per heavy atom. The molecule has 0 nitrogen and oxygen atoms in total. The number of hydrogen-bond acceptors (Lipinski definition) is 0. The van der Waals surface area contributed by atoms with Gasteiger partial charge in [0.1, 0.15) is 6.17 Å². The van der Waals surface area contributed by atoms with Crippen molar-refractivity contribution in [2.75, 3.05) is 0 Å². The topological polar surface area (TPSA) is 0 Å². The third-order valence-electron chi connectivity index (χ3n) is 4.37. The van der Waals surface area contributed by atoms with Crippen LogP contribution in [-0.4, -0.2) is 6.17 Å². The fourth-order valence-electron chi connectivity index (χ4n) is 3.01. The lowest BCUT2D eigenvalue weighted by Crippen LogP contribution is -2.05. The Hall–Kier alpha value is -2.15. The molecule has 1 atom stereocenters. The van der Waals surface area contributed by atoms with Crippen molar-refractivity contribution >= 4 is 10.8 Å². The third kappa shape index (κ3) is 4.41. The summed E-state index contributed by atoms with van der Waals surface area (Å²) in [6.07, 6.45) is 2.23. The Labute approximate surface area is 138 Å². The van der Waals surface area contributed by atoms with Crippen LogP contribution in [0.25, 0.3) is 10.8 Å². The Kier molecular flexibility index (Phi) is 5.07. The van der Waals surface area contributed by atoms with Crippen LogP contribution in [0.2, 0.25) is 0 Å². The maximum Gasteiger partial charge on any atom is 0.104 e. The molecular formula is C22H23F. The van der Waals surface area contributed by atoms with Gasteiger partial charge in [-0.1, -0.05) is 72.3 Å². The first kappa shape index (κ1) is 15.7. The normalized spacial score (nSPS) is 12.4. The molecular weight excluding hydrogens is 283 g/mol. The maximum atomic E-state index is 14.3. The molecule has 3 aromatic carbocycles. The molecule has 0 N–H and O–H groups in total. The van der Waals surface area contributed by atoms with E-state index >= 15 is 0 Å². The summed E-state index contributed by atoms with van der Waals surface area (Å²) >= 11 is 0. The number of fused-ring (bicyclic) bond motifs is 1. The number of hydrogen-bond donors (Lipinski definition) is 0. The van der Waals surface area contributed by atoms with Crippen LogP contribution in [0.15, 0.2) is 66.7 Å². The summed E-state index contributed by atoms with van der Waals surface area (Å²) in [5, 5.41) is 2.41. The standard InChI is InChI=1S/C22H23F/c1-17-9-11-18(12-10-17)5-4-8-22(23)16-19-13-14-20-6-2-3-7-21(20)15-19/h2-3,6-7,9-15,22H,4-5,8,16H2,1H3/t22-/m0/s1. The summed E-state index contributed by atoms with van der Waals surface area (Å²) < 4.78 is 14.3. The van der Waals surface area contributed by atoms with Crippen LogP contribution in [0.4, 0.5) is 4.39 Å². The molecule has 0 aliphatic rings. The second-order valence-corrected chi connectivity index (χ2v) is 6.36. The molecule has 1 heteroatoms. The molecule has 0 saturated carbocycles. The minimum Gasteiger partial charge on any atom is -0.247 e. The number of rotatable bonds is 6. The van der Waals surface area contributed by atoms with Crippen molar-refractivity contribution < 1.29 is 4.39 Å². The largest absolute Gasteiger partial charge is 0.247 e. The quantitative estimate of drug-likeness (QED) is 0.520. The average Bonchev–Trinajstić information content (AvgIpc) is 2.56. The van der Waals surface area contributed by atoms with Crippen LogP contribution in [0, 0.1) is 6.92 Å². The SMILES string of the molecule is Cc1ccc(CCC[C@H](F)Cc2ccc3ccccc3c2)cc1. The van der Waals surface area contributed by atoms with Gasteiger partial charge in [0, 0.05) is 6.42 Å². The molecule has 0 saturated heterocycles. The van der Waals surface area contributed by atoms with E-state index in [0.29, 0.717) is 12.8 Å². The Morgan fingerprint density at radius 1 is 0.826 bits per heavy atom. The van der Waals surface area contributed by atoms with Gasteiger partial charge in [0.05, 0.1) is 0 Å². The number of halogens is 1. The van der Waals surface area contributed by atoms with Crippen molar-refractivity contribution in [2.45, 2.75) is 38.8 Å². The second kappa shape index (κ2) is 7.41. The smallest absolute Gasteiger partial charge is 0.104 e. The van der Waals surface area contributed by atoms with Crippen LogP contribution in [0.1, 0.15) is 29.5 Å². The lowest BCUT2D eigenvalue weighted by atomic mass is 9.99. The lowest BCUT2D eigenvalue weighted by molar-refractivity contribution is 0.307. The van der Waals surface area contributed by atoms with Crippen molar-refractivity contribution in [3.8, 4) is 0 Å². The van der Waals surface area contributed by atoms with E-state index in [1.165, 1.54) is 21.9 Å². The number of alkyl halides is 1. The van der Waals surface area contributed by atoms with Crippen LogP contribution in [0.5, 0.6) is 0 Å². The van der Waals surface area contributed by atoms with E-state index in [1.54, 1.807) is 0 Å². The zero-order chi connectivity index (χ0) is 16.1. The highest BCUT2D eigenvalue weighted by atomic mass is 19.1. The first-order valence-electron chi connectivity index (χ1n) is 8.38. The summed E-state index contributed by atoms with van der Waals surface area (Å²) in [7, 11) is 0. The lowest BCUT2D eigenvalue weighted by Gasteiger charge is -2.09. The van der Waals surface area contributed by atoms with Gasteiger partial charge >= 0.3 is 0 Å². The highest BCUT2D eigenvalue weighted by molar-refractivity contribution is 5.82. The molecule has 0 bridgehead atoms. The van der Waals surface area contributed by atoms with Gasteiger partial charge in [-0.3, -0.25) is 0 Å². The van der Waals surface area contributed by atoms with Crippen LogP contribution >= 0.6 is 0 Å². The summed E-state index contributed by atoms with van der Waals surface area (Å²) in [6.45, 7) is 2.09. The molecule has 3 aromatic rings. The van der Waals surface area contributed by atoms with Crippen LogP contribution in [-0.2, 0) is 12.8 Å². The monoisotopic (exact) mass is 306 g/mol. The average molecular weight is 306 g/mol. The van der Waals surface area contributed by atoms with Gasteiger partial charge in [0.25, 0.3) is 0 Å². The van der Waals surface area contributed by atoms with Crippen molar-refractivity contribution in [1.29, 1.82) is 0 Å². The fourth-order valence-corrected chi connectivity index (χ4v) is 3.01. The zero-order valence-corrected chi connectivity index (χ0v) is 13.6. The van der Waals surface area contributed by atoms with E-state index in [2.05, 4.69) is 61.5 Å². The van der Waals surface area contributed by atoms with Gasteiger partial charge in [0.2, 0.25) is 0 Å². The molecule has 0 fully saturated rings. The first-order valence-corrected chi connectivity index (χ1v) is 8.38. The molecule has 23 heavy (non-hydrogen) atoms. The fraction of sp³-hybridized carbons (Fsp3) is 0.273. The van der Waals surface area contributed by atoms with Crippen molar-refractivity contribution in [3.05, 3.63) is 83.4 Å². The minimum absolute atomic E-state index is 0.513. The van der Waals surface area contributed by atoms with Gasteiger partial charge in [0.15, 0.2) is 0 Å². The van der Waals surface area contributed by atoms with E-state index in [1.807, 2.05) is 12.1 Å². The maximum absolute atomic E-state index is 14.3. The number of benzene rings is 3. The van der Waals surface area contributed by atoms with E-state index in [4.69, 9.17) is 0 Å². The molecule has 0 aliphatic carbocycles. The van der Waals surface area contributed by atoms with E-state index in [0.717, 1.165) is 18.4 Å². The van der Waals surface area contributed by atoms with Crippen LogP contribution in [0.3, 0.4) is 0 Å². The predicted molar refractivity (Wildman–Crippen MR) is 96.7 cm³/mol. The van der Waals surface area contributed by atoms with Crippen molar-refractivity contribution in [1.82, 2.24) is 0 Å². The molecule has 0 heterocycles. The first-order chi connectivity index (χ1) is 11.2. The summed E-state index contributed by atoms with van der Waals surface area (Å²) in [5.41, 5.74) is 3.66. The highest BCUT2D eigenvalue weighted by Gasteiger charge is 2.08. The van der Waals surface area contributed by atoms with E-state index in [9.17, 15) is 4.39 Å². The van der Waals surface area contributed by atoms with E-state index in [-0.39, 0.29) is 0 Å².